The Morgan fingerprint density at radius 2 is 2.21 bits per heavy atom. The van der Waals surface area contributed by atoms with Crippen LogP contribution in [0.25, 0.3) is 0 Å². The average molecular weight is 332 g/mol. The summed E-state index contributed by atoms with van der Waals surface area (Å²) >= 11 is 3.30. The molecule has 1 nitrogen and oxygen atoms in total. The topological polar surface area (TPSA) is 12.0 Å². The molecule has 106 valence electrons. The van der Waals surface area contributed by atoms with Crippen molar-refractivity contribution in [3.63, 3.8) is 0 Å². The van der Waals surface area contributed by atoms with Gasteiger partial charge in [-0.2, -0.15) is 0 Å². The first-order valence-corrected chi connectivity index (χ1v) is 7.62. The zero-order valence-corrected chi connectivity index (χ0v) is 12.8. The number of nitrogens with one attached hydrogen (secondary N) is 1. The van der Waals surface area contributed by atoms with Crippen molar-refractivity contribution in [2.75, 3.05) is 6.54 Å². The Morgan fingerprint density at radius 3 is 2.89 bits per heavy atom. The van der Waals surface area contributed by atoms with Gasteiger partial charge in [-0.3, -0.25) is 0 Å². The summed E-state index contributed by atoms with van der Waals surface area (Å²) in [6, 6.07) is 4.91. The molecule has 1 N–H and O–H groups in total. The van der Waals surface area contributed by atoms with Crippen LogP contribution in [0.2, 0.25) is 0 Å². The Hall–Kier alpha value is -0.480. The highest BCUT2D eigenvalue weighted by atomic mass is 79.9. The molecule has 0 radical (unpaired) electrons. The van der Waals surface area contributed by atoms with Crippen LogP contribution in [0.4, 0.5) is 8.78 Å². The van der Waals surface area contributed by atoms with E-state index in [2.05, 4.69) is 21.2 Å². The summed E-state index contributed by atoms with van der Waals surface area (Å²) in [7, 11) is 0. The van der Waals surface area contributed by atoms with E-state index >= 15 is 0 Å². The van der Waals surface area contributed by atoms with Crippen LogP contribution < -0.4 is 5.32 Å². The van der Waals surface area contributed by atoms with E-state index in [1.165, 1.54) is 12.5 Å². The van der Waals surface area contributed by atoms with E-state index in [9.17, 15) is 8.78 Å². The molecule has 2 rings (SSSR count). The summed E-state index contributed by atoms with van der Waals surface area (Å²) < 4.78 is 29.1. The predicted molar refractivity (Wildman–Crippen MR) is 77.6 cm³/mol. The van der Waals surface area contributed by atoms with Gasteiger partial charge in [0, 0.05) is 16.9 Å². The first-order chi connectivity index (χ1) is 8.96. The summed E-state index contributed by atoms with van der Waals surface area (Å²) in [5.41, 5.74) is -0.938. The second kappa shape index (κ2) is 6.31. The molecular weight excluding hydrogens is 312 g/mol. The molecule has 1 fully saturated rings. The maximum absolute atomic E-state index is 14.7. The molecule has 2 atom stereocenters. The van der Waals surface area contributed by atoms with Crippen molar-refractivity contribution < 1.29 is 8.78 Å². The van der Waals surface area contributed by atoms with Gasteiger partial charge in [-0.25, -0.2) is 8.78 Å². The van der Waals surface area contributed by atoms with Crippen LogP contribution in [-0.2, 0) is 6.42 Å². The highest BCUT2D eigenvalue weighted by molar-refractivity contribution is 9.10. The molecular formula is C15H20BrF2N. The van der Waals surface area contributed by atoms with Crippen molar-refractivity contribution in [3.05, 3.63) is 34.1 Å². The lowest BCUT2D eigenvalue weighted by Gasteiger charge is -2.30. The Balaban J connectivity index is 2.00. The maximum Gasteiger partial charge on any atom is 0.126 e. The Bertz CT molecular complexity index is 428. The van der Waals surface area contributed by atoms with Gasteiger partial charge in [-0.1, -0.05) is 22.4 Å². The van der Waals surface area contributed by atoms with Crippen molar-refractivity contribution in [1.29, 1.82) is 0 Å². The normalized spacial score (nSPS) is 23.1. The van der Waals surface area contributed by atoms with E-state index in [4.69, 9.17) is 0 Å². The highest BCUT2D eigenvalue weighted by Crippen LogP contribution is 2.28. The smallest absolute Gasteiger partial charge is 0.126 e. The monoisotopic (exact) mass is 331 g/mol. The van der Waals surface area contributed by atoms with Crippen molar-refractivity contribution >= 4 is 15.9 Å². The third-order valence-electron chi connectivity index (χ3n) is 3.65. The van der Waals surface area contributed by atoms with E-state index in [0.29, 0.717) is 12.0 Å². The van der Waals surface area contributed by atoms with Crippen molar-refractivity contribution in [2.24, 2.45) is 0 Å². The van der Waals surface area contributed by atoms with Crippen LogP contribution in [0, 0.1) is 5.82 Å². The van der Waals surface area contributed by atoms with Crippen LogP contribution >= 0.6 is 15.9 Å². The van der Waals surface area contributed by atoms with Gasteiger partial charge >= 0.3 is 0 Å². The minimum atomic E-state index is -1.38. The van der Waals surface area contributed by atoms with Gasteiger partial charge in [-0.15, -0.1) is 0 Å². The number of benzene rings is 1. The number of hydrogen-bond acceptors (Lipinski definition) is 1. The second-order valence-corrected chi connectivity index (χ2v) is 6.59. The fraction of sp³-hybridized carbons (Fsp3) is 0.600. The molecule has 2 unspecified atom stereocenters. The van der Waals surface area contributed by atoms with Gasteiger partial charge in [-0.05, 0) is 56.5 Å². The lowest BCUT2D eigenvalue weighted by Crippen LogP contribution is -2.40. The molecule has 1 heterocycles. The van der Waals surface area contributed by atoms with Gasteiger partial charge in [0.05, 0.1) is 0 Å². The van der Waals surface area contributed by atoms with Crippen molar-refractivity contribution in [1.82, 2.24) is 5.32 Å². The van der Waals surface area contributed by atoms with E-state index in [1.807, 2.05) is 0 Å². The van der Waals surface area contributed by atoms with Crippen LogP contribution in [-0.4, -0.2) is 18.3 Å². The summed E-state index contributed by atoms with van der Waals surface area (Å²) in [4.78, 5) is 0. The maximum atomic E-state index is 14.7. The van der Waals surface area contributed by atoms with Crippen molar-refractivity contribution in [2.45, 2.75) is 50.7 Å². The first-order valence-electron chi connectivity index (χ1n) is 6.82. The molecule has 1 aromatic rings. The molecule has 1 aliphatic heterocycles. The molecule has 0 spiro atoms. The molecule has 1 saturated heterocycles. The number of alkyl halides is 1. The SMILES string of the molecule is CC(F)(Cc1cc(Br)ccc1F)CC1CCCCN1. The first kappa shape index (κ1) is 14.9. The minimum Gasteiger partial charge on any atom is -0.314 e. The van der Waals surface area contributed by atoms with Gasteiger partial charge in [0.25, 0.3) is 0 Å². The second-order valence-electron chi connectivity index (χ2n) is 5.68. The minimum absolute atomic E-state index is 0.121. The molecule has 0 amide bonds. The van der Waals surface area contributed by atoms with Gasteiger partial charge < -0.3 is 5.32 Å². The summed E-state index contributed by atoms with van der Waals surface area (Å²) in [5, 5.41) is 3.34. The zero-order chi connectivity index (χ0) is 13.9. The largest absolute Gasteiger partial charge is 0.314 e. The molecule has 0 bridgehead atoms. The fourth-order valence-corrected chi connectivity index (χ4v) is 3.17. The lowest BCUT2D eigenvalue weighted by atomic mass is 9.88. The standard InChI is InChI=1S/C15H20BrF2N/c1-15(18,10-13-4-2-3-7-19-13)9-11-8-12(16)5-6-14(11)17/h5-6,8,13,19H,2-4,7,9-10H2,1H3. The number of halogens is 3. The highest BCUT2D eigenvalue weighted by Gasteiger charge is 2.29. The van der Waals surface area contributed by atoms with Gasteiger partial charge in [0.15, 0.2) is 0 Å². The molecule has 1 aliphatic rings. The summed E-state index contributed by atoms with van der Waals surface area (Å²) in [5.74, 6) is -0.330. The van der Waals surface area contributed by atoms with Crippen molar-refractivity contribution in [3.8, 4) is 0 Å². The van der Waals surface area contributed by atoms with E-state index in [-0.39, 0.29) is 18.3 Å². The molecule has 0 saturated carbocycles. The Morgan fingerprint density at radius 1 is 1.42 bits per heavy atom. The van der Waals surface area contributed by atoms with E-state index in [0.717, 1.165) is 23.9 Å². The Labute approximate surface area is 121 Å². The average Bonchev–Trinajstić information content (AvgIpc) is 2.34. The number of rotatable bonds is 4. The van der Waals surface area contributed by atoms with E-state index < -0.39 is 5.67 Å². The van der Waals surface area contributed by atoms with Crippen LogP contribution in [0.15, 0.2) is 22.7 Å². The van der Waals surface area contributed by atoms with Gasteiger partial charge in [0.1, 0.15) is 11.5 Å². The molecule has 0 aromatic heterocycles. The fourth-order valence-electron chi connectivity index (χ4n) is 2.76. The third-order valence-corrected chi connectivity index (χ3v) is 4.14. The van der Waals surface area contributed by atoms with Crippen LogP contribution in [0.1, 0.15) is 38.2 Å². The molecule has 4 heteroatoms. The Kier molecular flexibility index (Phi) is 4.96. The van der Waals surface area contributed by atoms with Crippen LogP contribution in [0.3, 0.4) is 0 Å². The van der Waals surface area contributed by atoms with Crippen LogP contribution in [0.5, 0.6) is 0 Å². The molecule has 0 aliphatic carbocycles. The zero-order valence-electron chi connectivity index (χ0n) is 11.2. The van der Waals surface area contributed by atoms with Gasteiger partial charge in [0.2, 0.25) is 0 Å². The lowest BCUT2D eigenvalue weighted by molar-refractivity contribution is 0.144. The quantitative estimate of drug-likeness (QED) is 0.862. The number of hydrogen-bond donors (Lipinski definition) is 1. The predicted octanol–water partition coefficient (Wildman–Crippen LogP) is 4.39. The number of piperidine rings is 1. The summed E-state index contributed by atoms with van der Waals surface area (Å²) in [6.45, 7) is 2.54. The summed E-state index contributed by atoms with van der Waals surface area (Å²) in [6.07, 6.45) is 3.90. The van der Waals surface area contributed by atoms with E-state index in [1.54, 1.807) is 19.1 Å². The third kappa shape index (κ3) is 4.53. The molecule has 19 heavy (non-hydrogen) atoms. The molecule has 1 aromatic carbocycles.